The van der Waals surface area contributed by atoms with Crippen LogP contribution in [0.2, 0.25) is 0 Å². The molecule has 2 atom stereocenters. The fraction of sp³-hybridized carbons (Fsp3) is 0.659. The van der Waals surface area contributed by atoms with E-state index in [1.54, 1.807) is 0 Å². The number of nitrogens with two attached hydrogens (primary N) is 1. The number of unbranched alkanes of at least 4 members (excludes halogenated alkanes) is 13. The van der Waals surface area contributed by atoms with Gasteiger partial charge in [-0.05, 0) is 64.2 Å². The predicted molar refractivity (Wildman–Crippen MR) is 210 cm³/mol. The summed E-state index contributed by atoms with van der Waals surface area (Å²) in [5.41, 5.74) is 5.33. The van der Waals surface area contributed by atoms with Gasteiger partial charge in [-0.1, -0.05) is 138 Å². The molecule has 0 radical (unpaired) electrons. The molecular weight excluding hydrogens is 665 g/mol. The van der Waals surface area contributed by atoms with Gasteiger partial charge in [-0.2, -0.15) is 0 Å². The molecule has 0 bridgehead atoms. The first-order valence-electron chi connectivity index (χ1n) is 19.5. The molecule has 9 nitrogen and oxygen atoms in total. The summed E-state index contributed by atoms with van der Waals surface area (Å²) in [7, 11) is -4.39. The van der Waals surface area contributed by atoms with E-state index in [1.165, 1.54) is 25.7 Å². The number of carbonyl (C=O) groups excluding carboxylic acids is 2. The second-order valence-electron chi connectivity index (χ2n) is 12.5. The van der Waals surface area contributed by atoms with E-state index in [0.29, 0.717) is 12.8 Å². The molecule has 0 rings (SSSR count). The summed E-state index contributed by atoms with van der Waals surface area (Å²) < 4.78 is 32.6. The van der Waals surface area contributed by atoms with Crippen LogP contribution in [0.25, 0.3) is 0 Å². The van der Waals surface area contributed by atoms with Crippen LogP contribution >= 0.6 is 7.82 Å². The third kappa shape index (κ3) is 37.0. The molecule has 0 amide bonds. The largest absolute Gasteiger partial charge is 0.472 e. The van der Waals surface area contributed by atoms with Crippen LogP contribution in [0.4, 0.5) is 0 Å². The van der Waals surface area contributed by atoms with Crippen LogP contribution in [0.5, 0.6) is 0 Å². The second-order valence-corrected chi connectivity index (χ2v) is 14.0. The van der Waals surface area contributed by atoms with Gasteiger partial charge in [0.05, 0.1) is 13.2 Å². The van der Waals surface area contributed by atoms with Crippen molar-refractivity contribution in [3.05, 3.63) is 72.9 Å². The summed E-state index contributed by atoms with van der Waals surface area (Å²) in [4.78, 5) is 34.7. The molecule has 0 aromatic rings. The van der Waals surface area contributed by atoms with Gasteiger partial charge in [-0.3, -0.25) is 18.6 Å². The Kier molecular flexibility index (Phi) is 35.4. The average molecular weight is 736 g/mol. The van der Waals surface area contributed by atoms with E-state index in [-0.39, 0.29) is 32.6 Å². The Bertz CT molecular complexity index is 1070. The van der Waals surface area contributed by atoms with Gasteiger partial charge < -0.3 is 20.1 Å². The van der Waals surface area contributed by atoms with Crippen LogP contribution in [-0.2, 0) is 32.7 Å². The fourth-order valence-electron chi connectivity index (χ4n) is 4.79. The lowest BCUT2D eigenvalue weighted by atomic mass is 10.1. The Morgan fingerprint density at radius 3 is 1.76 bits per heavy atom. The molecular formula is C41H70NO8P. The van der Waals surface area contributed by atoms with Crippen molar-refractivity contribution in [2.45, 2.75) is 148 Å². The molecule has 0 aliphatic rings. The topological polar surface area (TPSA) is 134 Å². The molecule has 292 valence electrons. The minimum atomic E-state index is -4.39. The van der Waals surface area contributed by atoms with E-state index >= 15 is 0 Å². The summed E-state index contributed by atoms with van der Waals surface area (Å²) in [6.45, 7) is 3.49. The fourth-order valence-corrected chi connectivity index (χ4v) is 5.56. The van der Waals surface area contributed by atoms with E-state index < -0.39 is 32.5 Å². The number of hydrogen-bond acceptors (Lipinski definition) is 8. The third-order valence-electron chi connectivity index (χ3n) is 7.67. The number of esters is 2. The molecule has 0 spiro atoms. The van der Waals surface area contributed by atoms with Crippen LogP contribution in [-0.4, -0.2) is 49.3 Å². The Labute approximate surface area is 310 Å². The summed E-state index contributed by atoms with van der Waals surface area (Å²) in [6.07, 6.45) is 43.5. The lowest BCUT2D eigenvalue weighted by Gasteiger charge is -2.19. The Hall–Kier alpha value is -2.55. The molecule has 0 aliphatic heterocycles. The van der Waals surface area contributed by atoms with Gasteiger partial charge in [0, 0.05) is 19.4 Å². The summed E-state index contributed by atoms with van der Waals surface area (Å²) in [6, 6.07) is 0. The predicted octanol–water partition coefficient (Wildman–Crippen LogP) is 10.7. The first-order valence-corrected chi connectivity index (χ1v) is 21.0. The molecule has 51 heavy (non-hydrogen) atoms. The highest BCUT2D eigenvalue weighted by molar-refractivity contribution is 7.47. The molecule has 1 unspecified atom stereocenters. The molecule has 0 fully saturated rings. The van der Waals surface area contributed by atoms with E-state index in [9.17, 15) is 19.0 Å². The second kappa shape index (κ2) is 37.2. The van der Waals surface area contributed by atoms with Gasteiger partial charge in [0.2, 0.25) is 0 Å². The van der Waals surface area contributed by atoms with Crippen LogP contribution < -0.4 is 5.73 Å². The zero-order chi connectivity index (χ0) is 37.5. The number of allylic oxidation sites excluding steroid dienone is 12. The molecule has 0 aromatic heterocycles. The maximum atomic E-state index is 12.5. The van der Waals surface area contributed by atoms with Gasteiger partial charge in [0.15, 0.2) is 6.10 Å². The molecule has 10 heteroatoms. The number of carbonyl (C=O) groups is 2. The van der Waals surface area contributed by atoms with Gasteiger partial charge in [0.1, 0.15) is 6.61 Å². The van der Waals surface area contributed by atoms with Crippen molar-refractivity contribution in [2.75, 3.05) is 26.4 Å². The van der Waals surface area contributed by atoms with Crippen LogP contribution in [0.1, 0.15) is 142 Å². The molecule has 0 saturated heterocycles. The van der Waals surface area contributed by atoms with Gasteiger partial charge in [0.25, 0.3) is 0 Å². The lowest BCUT2D eigenvalue weighted by Crippen LogP contribution is -2.29. The molecule has 0 aliphatic carbocycles. The zero-order valence-electron chi connectivity index (χ0n) is 31.8. The first kappa shape index (κ1) is 48.5. The van der Waals surface area contributed by atoms with Crippen molar-refractivity contribution in [1.29, 1.82) is 0 Å². The lowest BCUT2D eigenvalue weighted by molar-refractivity contribution is -0.161. The standard InChI is InChI=1S/C41H70NO8P/c1-3-5-7-9-11-13-15-17-19-21-23-25-27-29-31-33-40(43)47-37-39(38-49-51(45,46)48-36-35-42)50-41(44)34-32-30-28-26-24-22-20-18-16-14-12-10-8-6-4-2/h5,7,9,11-15,17-20,39H,3-4,6,8,10,16,21-38,42H2,1-2H3,(H,45,46)/b7-5+,11-9+,14-12+,15-13+,19-17+,20-18+/t39-/m1/s1. The van der Waals surface area contributed by atoms with E-state index in [2.05, 4.69) is 56.4 Å². The van der Waals surface area contributed by atoms with Crippen molar-refractivity contribution in [2.24, 2.45) is 5.73 Å². The molecule has 0 heterocycles. The summed E-state index contributed by atoms with van der Waals surface area (Å²) >= 11 is 0. The van der Waals surface area contributed by atoms with Crippen molar-refractivity contribution in [1.82, 2.24) is 0 Å². The third-order valence-corrected chi connectivity index (χ3v) is 8.66. The van der Waals surface area contributed by atoms with Crippen molar-refractivity contribution in [3.8, 4) is 0 Å². The number of hydrogen-bond donors (Lipinski definition) is 2. The van der Waals surface area contributed by atoms with Crippen molar-refractivity contribution >= 4 is 19.8 Å². The number of phosphoric ester groups is 1. The smallest absolute Gasteiger partial charge is 0.462 e. The Balaban J connectivity index is 4.30. The molecule has 0 aromatic carbocycles. The quantitative estimate of drug-likeness (QED) is 0.0214. The number of rotatable bonds is 35. The molecule has 3 N–H and O–H groups in total. The number of ether oxygens (including phenoxy) is 2. The summed E-state index contributed by atoms with van der Waals surface area (Å²) in [5.74, 6) is -0.881. The van der Waals surface area contributed by atoms with Crippen LogP contribution in [0, 0.1) is 0 Å². The number of phosphoric acid groups is 1. The maximum Gasteiger partial charge on any atom is 0.472 e. The normalized spacial score (nSPS) is 14.2. The van der Waals surface area contributed by atoms with Crippen molar-refractivity contribution < 1.29 is 37.6 Å². The van der Waals surface area contributed by atoms with Gasteiger partial charge >= 0.3 is 19.8 Å². The van der Waals surface area contributed by atoms with Crippen molar-refractivity contribution in [3.63, 3.8) is 0 Å². The maximum absolute atomic E-state index is 12.5. The van der Waals surface area contributed by atoms with E-state index in [1.807, 2.05) is 30.4 Å². The highest BCUT2D eigenvalue weighted by Gasteiger charge is 2.25. The first-order chi connectivity index (χ1) is 24.8. The Morgan fingerprint density at radius 1 is 0.627 bits per heavy atom. The molecule has 0 saturated carbocycles. The summed E-state index contributed by atoms with van der Waals surface area (Å²) in [5, 5.41) is 0. The average Bonchev–Trinajstić information content (AvgIpc) is 3.11. The SMILES string of the molecule is CC/C=C/C=C/C=C/C=C/CCCCCCCC(=O)OC[C@H](COP(=O)(O)OCCN)OC(=O)CCCCCCC/C=C/C/C=C/CCCCC. The Morgan fingerprint density at radius 2 is 1.16 bits per heavy atom. The minimum Gasteiger partial charge on any atom is -0.462 e. The highest BCUT2D eigenvalue weighted by atomic mass is 31.2. The highest BCUT2D eigenvalue weighted by Crippen LogP contribution is 2.43. The van der Waals surface area contributed by atoms with E-state index in [4.69, 9.17) is 24.3 Å². The minimum absolute atomic E-state index is 0.0434. The van der Waals surface area contributed by atoms with E-state index in [0.717, 1.165) is 77.0 Å². The monoisotopic (exact) mass is 735 g/mol. The van der Waals surface area contributed by atoms with Crippen LogP contribution in [0.15, 0.2) is 72.9 Å². The van der Waals surface area contributed by atoms with Gasteiger partial charge in [-0.15, -0.1) is 0 Å². The van der Waals surface area contributed by atoms with Gasteiger partial charge in [-0.25, -0.2) is 4.57 Å². The van der Waals surface area contributed by atoms with Crippen LogP contribution in [0.3, 0.4) is 0 Å². The zero-order valence-corrected chi connectivity index (χ0v) is 32.7.